The Morgan fingerprint density at radius 3 is 2.88 bits per heavy atom. The summed E-state index contributed by atoms with van der Waals surface area (Å²) in [7, 11) is 2.07. The summed E-state index contributed by atoms with van der Waals surface area (Å²) in [5.41, 5.74) is 4.24. The van der Waals surface area contributed by atoms with Crippen molar-refractivity contribution >= 4 is 41.5 Å². The maximum atomic E-state index is 6.17. The second-order valence-electron chi connectivity index (χ2n) is 5.86. The number of benzene rings is 2. The molecule has 0 aliphatic carbocycles. The number of halogens is 2. The van der Waals surface area contributed by atoms with Crippen LogP contribution in [0.2, 0.25) is 5.02 Å². The van der Waals surface area contributed by atoms with E-state index in [-0.39, 0.29) is 12.4 Å². The average Bonchev–Trinajstić information content (AvgIpc) is 2.77. The van der Waals surface area contributed by atoms with E-state index in [1.807, 2.05) is 42.5 Å². The summed E-state index contributed by atoms with van der Waals surface area (Å²) in [6.45, 7) is 5.80. The third kappa shape index (κ3) is 4.90. The van der Waals surface area contributed by atoms with Gasteiger partial charge in [0, 0.05) is 29.9 Å². The van der Waals surface area contributed by atoms with Gasteiger partial charge in [0.05, 0.1) is 12.3 Å². The number of rotatable bonds is 5. The maximum absolute atomic E-state index is 6.17. The van der Waals surface area contributed by atoms with Gasteiger partial charge in [-0.3, -0.25) is 4.99 Å². The molecule has 0 spiro atoms. The number of allylic oxidation sites excluding steroid dienone is 1. The van der Waals surface area contributed by atoms with E-state index in [2.05, 4.69) is 30.7 Å². The zero-order valence-electron chi connectivity index (χ0n) is 14.7. The maximum Gasteiger partial charge on any atom is 0.120 e. The van der Waals surface area contributed by atoms with Crippen molar-refractivity contribution < 1.29 is 4.74 Å². The van der Waals surface area contributed by atoms with Gasteiger partial charge in [-0.25, -0.2) is 0 Å². The van der Waals surface area contributed by atoms with Crippen molar-refractivity contribution in [2.45, 2.75) is 0 Å². The van der Waals surface area contributed by atoms with Crippen LogP contribution in [0.4, 0.5) is 5.69 Å². The summed E-state index contributed by atoms with van der Waals surface area (Å²) in [6.07, 6.45) is 5.85. The van der Waals surface area contributed by atoms with Crippen molar-refractivity contribution in [3.05, 3.63) is 77.3 Å². The molecule has 0 saturated heterocycles. The fraction of sp³-hybridized carbons (Fsp3) is 0.190. The first-order valence-electron chi connectivity index (χ1n) is 8.25. The first kappa shape index (κ1) is 20.1. The molecular weight excluding hydrogens is 367 g/mol. The highest BCUT2D eigenvalue weighted by molar-refractivity contribution is 6.31. The summed E-state index contributed by atoms with van der Waals surface area (Å²) in [5, 5.41) is 0.739. The normalized spacial score (nSPS) is 13.5. The van der Waals surface area contributed by atoms with Gasteiger partial charge in [0.15, 0.2) is 0 Å². The Hall–Kier alpha value is -2.23. The third-order valence-corrected chi connectivity index (χ3v) is 4.26. The molecule has 0 N–H and O–H groups in total. The van der Waals surface area contributed by atoms with Crippen LogP contribution >= 0.6 is 24.0 Å². The van der Waals surface area contributed by atoms with Gasteiger partial charge in [-0.1, -0.05) is 42.5 Å². The molecule has 1 heterocycles. The van der Waals surface area contributed by atoms with Gasteiger partial charge in [-0.15, -0.1) is 12.4 Å². The minimum atomic E-state index is 0. The van der Waals surface area contributed by atoms with E-state index in [1.54, 1.807) is 6.08 Å². The van der Waals surface area contributed by atoms with Crippen molar-refractivity contribution in [3.8, 4) is 5.75 Å². The van der Waals surface area contributed by atoms with Crippen LogP contribution in [0.5, 0.6) is 5.75 Å². The fourth-order valence-electron chi connectivity index (χ4n) is 2.74. The molecule has 136 valence electrons. The molecular formula is C21H22Cl2N2O. The van der Waals surface area contributed by atoms with E-state index in [0.29, 0.717) is 6.61 Å². The zero-order chi connectivity index (χ0) is 17.6. The third-order valence-electron chi connectivity index (χ3n) is 4.02. The second-order valence-corrected chi connectivity index (χ2v) is 6.29. The van der Waals surface area contributed by atoms with E-state index in [9.17, 15) is 0 Å². The molecule has 0 radical (unpaired) electrons. The quantitative estimate of drug-likeness (QED) is 0.650. The summed E-state index contributed by atoms with van der Waals surface area (Å²) in [6, 6.07) is 13.9. The largest absolute Gasteiger partial charge is 0.490 e. The minimum absolute atomic E-state index is 0. The van der Waals surface area contributed by atoms with Gasteiger partial charge >= 0.3 is 0 Å². The van der Waals surface area contributed by atoms with E-state index in [1.165, 1.54) is 0 Å². The summed E-state index contributed by atoms with van der Waals surface area (Å²) in [4.78, 5) is 6.92. The number of anilines is 1. The summed E-state index contributed by atoms with van der Waals surface area (Å²) < 4.78 is 5.59. The Bertz CT molecular complexity index is 831. The van der Waals surface area contributed by atoms with Crippen LogP contribution in [-0.2, 0) is 0 Å². The lowest BCUT2D eigenvalue weighted by Crippen LogP contribution is -2.20. The molecule has 0 bridgehead atoms. The first-order chi connectivity index (χ1) is 12.2. The van der Waals surface area contributed by atoms with Gasteiger partial charge < -0.3 is 9.64 Å². The van der Waals surface area contributed by atoms with Crippen LogP contribution in [0.25, 0.3) is 6.08 Å². The lowest BCUT2D eigenvalue weighted by atomic mass is 10.1. The highest BCUT2D eigenvalue weighted by atomic mass is 35.5. The van der Waals surface area contributed by atoms with Gasteiger partial charge in [-0.05, 0) is 42.0 Å². The number of hydrogen-bond donors (Lipinski definition) is 0. The topological polar surface area (TPSA) is 24.8 Å². The van der Waals surface area contributed by atoms with Crippen LogP contribution in [0.3, 0.4) is 0 Å². The second kappa shape index (κ2) is 9.46. The summed E-state index contributed by atoms with van der Waals surface area (Å²) >= 11 is 6.17. The Kier molecular flexibility index (Phi) is 7.31. The number of ether oxygens (including phenoxy) is 1. The molecule has 5 heteroatoms. The van der Waals surface area contributed by atoms with Crippen LogP contribution in [0.1, 0.15) is 11.1 Å². The van der Waals surface area contributed by atoms with Crippen molar-refractivity contribution in [1.82, 2.24) is 0 Å². The highest BCUT2D eigenvalue weighted by Crippen LogP contribution is 2.27. The molecule has 3 nitrogen and oxygen atoms in total. The van der Waals surface area contributed by atoms with Crippen LogP contribution in [0, 0.1) is 0 Å². The van der Waals surface area contributed by atoms with Crippen LogP contribution < -0.4 is 9.64 Å². The van der Waals surface area contributed by atoms with Gasteiger partial charge in [0.25, 0.3) is 0 Å². The predicted octanol–water partition coefficient (Wildman–Crippen LogP) is 5.28. The van der Waals surface area contributed by atoms with E-state index in [0.717, 1.165) is 46.4 Å². The first-order valence-corrected chi connectivity index (χ1v) is 8.62. The SMILES string of the molecule is C=CCOc1cccc(/C=C/C2=NCCN(C)c3cc(Cl)ccc32)c1.Cl. The molecule has 0 unspecified atom stereocenters. The average molecular weight is 389 g/mol. The van der Waals surface area contributed by atoms with Crippen molar-refractivity contribution in [2.24, 2.45) is 4.99 Å². The van der Waals surface area contributed by atoms with Crippen molar-refractivity contribution in [3.63, 3.8) is 0 Å². The fourth-order valence-corrected chi connectivity index (χ4v) is 2.91. The molecule has 2 aromatic carbocycles. The lowest BCUT2D eigenvalue weighted by molar-refractivity contribution is 0.363. The molecule has 1 aliphatic rings. The Balaban J connectivity index is 0.00000243. The molecule has 0 aromatic heterocycles. The number of fused-ring (bicyclic) bond motifs is 1. The molecule has 0 saturated carbocycles. The van der Waals surface area contributed by atoms with E-state index in [4.69, 9.17) is 21.3 Å². The van der Waals surface area contributed by atoms with Gasteiger partial charge in [0.2, 0.25) is 0 Å². The molecule has 0 atom stereocenters. The smallest absolute Gasteiger partial charge is 0.120 e. The standard InChI is InChI=1S/C21H21ClN2O.ClH/c1-3-13-25-18-6-4-5-16(14-18)7-10-20-19-9-8-17(22)15-21(19)24(2)12-11-23-20;/h3-10,14-15H,1,11-13H2,2H3;1H/b10-7+;. The van der Waals surface area contributed by atoms with Crippen LogP contribution in [0.15, 0.2) is 66.2 Å². The highest BCUT2D eigenvalue weighted by Gasteiger charge is 2.14. The number of nitrogens with zero attached hydrogens (tertiary/aromatic N) is 2. The lowest BCUT2D eigenvalue weighted by Gasteiger charge is -2.19. The van der Waals surface area contributed by atoms with Crippen molar-refractivity contribution in [2.75, 3.05) is 31.6 Å². The van der Waals surface area contributed by atoms with Crippen LogP contribution in [-0.4, -0.2) is 32.5 Å². The van der Waals surface area contributed by atoms with Gasteiger partial charge in [0.1, 0.15) is 12.4 Å². The molecule has 2 aromatic rings. The number of hydrogen-bond acceptors (Lipinski definition) is 3. The minimum Gasteiger partial charge on any atom is -0.490 e. The Labute approximate surface area is 166 Å². The molecule has 3 rings (SSSR count). The van der Waals surface area contributed by atoms with E-state index < -0.39 is 0 Å². The van der Waals surface area contributed by atoms with E-state index >= 15 is 0 Å². The molecule has 0 amide bonds. The molecule has 0 fully saturated rings. The number of likely N-dealkylation sites (N-methyl/N-ethyl adjacent to an activating group) is 1. The monoisotopic (exact) mass is 388 g/mol. The zero-order valence-corrected chi connectivity index (χ0v) is 16.3. The predicted molar refractivity (Wildman–Crippen MR) is 115 cm³/mol. The molecule has 26 heavy (non-hydrogen) atoms. The number of aliphatic imine (C=N–C) groups is 1. The summed E-state index contributed by atoms with van der Waals surface area (Å²) in [5.74, 6) is 0.830. The van der Waals surface area contributed by atoms with Crippen molar-refractivity contribution in [1.29, 1.82) is 0 Å². The number of benzodiazepines with no additional fused rings is 1. The molecule has 1 aliphatic heterocycles. The Morgan fingerprint density at radius 1 is 1.23 bits per heavy atom. The van der Waals surface area contributed by atoms with Gasteiger partial charge in [-0.2, -0.15) is 0 Å². The Morgan fingerprint density at radius 2 is 2.08 bits per heavy atom.